The van der Waals surface area contributed by atoms with Crippen LogP contribution in [-0.2, 0) is 22.1 Å². The van der Waals surface area contributed by atoms with Crippen molar-refractivity contribution in [2.45, 2.75) is 30.0 Å². The molecule has 33 heavy (non-hydrogen) atoms. The van der Waals surface area contributed by atoms with E-state index in [0.29, 0.717) is 12.5 Å². The van der Waals surface area contributed by atoms with Crippen LogP contribution in [0, 0.1) is 5.92 Å². The van der Waals surface area contributed by atoms with E-state index in [0.717, 1.165) is 37.5 Å². The fourth-order valence-corrected chi connectivity index (χ4v) is 5.25. The van der Waals surface area contributed by atoms with Crippen molar-refractivity contribution in [3.8, 4) is 0 Å². The molecule has 0 aliphatic carbocycles. The molecule has 4 rings (SSSR count). The number of halogens is 1. The van der Waals surface area contributed by atoms with Crippen molar-refractivity contribution >= 4 is 27.3 Å². The van der Waals surface area contributed by atoms with Gasteiger partial charge in [0.25, 0.3) is 0 Å². The van der Waals surface area contributed by atoms with Gasteiger partial charge in [0.2, 0.25) is 0 Å². The number of hydrogen-bond acceptors (Lipinski definition) is 7. The van der Waals surface area contributed by atoms with E-state index in [1.54, 1.807) is 18.2 Å². The van der Waals surface area contributed by atoms with Crippen LogP contribution in [0.25, 0.3) is 0 Å². The van der Waals surface area contributed by atoms with Crippen LogP contribution in [0.2, 0.25) is 5.02 Å². The van der Waals surface area contributed by atoms with Crippen molar-refractivity contribution in [1.29, 1.82) is 0 Å². The van der Waals surface area contributed by atoms with E-state index >= 15 is 0 Å². The number of aromatic nitrogens is 2. The zero-order valence-corrected chi connectivity index (χ0v) is 19.6. The Balaban J connectivity index is 1.23. The third-order valence-corrected chi connectivity index (χ3v) is 7.50. The van der Waals surface area contributed by atoms with Gasteiger partial charge in [-0.2, -0.15) is 4.98 Å². The molecule has 1 fully saturated rings. The maximum atomic E-state index is 12.4. The number of rotatable bonds is 8. The van der Waals surface area contributed by atoms with Gasteiger partial charge >= 0.3 is 11.8 Å². The summed E-state index contributed by atoms with van der Waals surface area (Å²) in [6.45, 7) is 3.24. The van der Waals surface area contributed by atoms with Crippen LogP contribution in [0.1, 0.15) is 34.9 Å². The minimum Gasteiger partial charge on any atom is -0.348 e. The topological polar surface area (TPSA) is 105 Å². The number of carbonyl (C=O) groups is 1. The second kappa shape index (κ2) is 10.5. The predicted octanol–water partition coefficient (Wildman–Crippen LogP) is 3.34. The Morgan fingerprint density at radius 3 is 2.61 bits per heavy atom. The monoisotopic (exact) mass is 488 g/mol. The lowest BCUT2D eigenvalue weighted by Crippen LogP contribution is -2.38. The normalized spacial score (nSPS) is 15.4. The van der Waals surface area contributed by atoms with Crippen molar-refractivity contribution in [2.24, 2.45) is 5.92 Å². The van der Waals surface area contributed by atoms with Gasteiger partial charge in [-0.05, 0) is 61.7 Å². The molecule has 3 aromatic rings. The molecule has 1 amide bonds. The largest absolute Gasteiger partial charge is 0.348 e. The minimum atomic E-state index is -3.61. The highest BCUT2D eigenvalue weighted by Crippen LogP contribution is 2.20. The van der Waals surface area contributed by atoms with E-state index in [2.05, 4.69) is 26.4 Å². The summed E-state index contributed by atoms with van der Waals surface area (Å²) in [5, 5.41) is 7.23. The minimum absolute atomic E-state index is 0.0432. The fraction of sp³-hybridized carbons (Fsp3) is 0.348. The van der Waals surface area contributed by atoms with E-state index in [-0.39, 0.29) is 16.6 Å². The van der Waals surface area contributed by atoms with Gasteiger partial charge in [-0.3, -0.25) is 9.69 Å². The van der Waals surface area contributed by atoms with Gasteiger partial charge in [0.15, 0.2) is 15.7 Å². The summed E-state index contributed by atoms with van der Waals surface area (Å²) in [6.07, 6.45) is 1.93. The number of hydrogen-bond donors (Lipinski definition) is 1. The number of piperidine rings is 1. The molecule has 0 saturated carbocycles. The Hall–Kier alpha value is -2.75. The molecule has 1 N–H and O–H groups in total. The van der Waals surface area contributed by atoms with E-state index in [9.17, 15) is 13.2 Å². The van der Waals surface area contributed by atoms with Crippen molar-refractivity contribution in [2.75, 3.05) is 19.6 Å². The van der Waals surface area contributed by atoms with Crippen molar-refractivity contribution in [3.63, 3.8) is 0 Å². The van der Waals surface area contributed by atoms with Crippen molar-refractivity contribution < 1.29 is 17.7 Å². The van der Waals surface area contributed by atoms with Gasteiger partial charge in [0.05, 0.1) is 4.90 Å². The van der Waals surface area contributed by atoms with Crippen molar-refractivity contribution in [1.82, 2.24) is 20.4 Å². The van der Waals surface area contributed by atoms with Gasteiger partial charge in [0.1, 0.15) is 5.75 Å². The molecule has 1 aliphatic heterocycles. The summed E-state index contributed by atoms with van der Waals surface area (Å²) in [4.78, 5) is 18.9. The maximum absolute atomic E-state index is 12.4. The Kier molecular flexibility index (Phi) is 7.42. The first-order valence-corrected chi connectivity index (χ1v) is 12.8. The first-order valence-electron chi connectivity index (χ1n) is 10.7. The number of nitrogens with one attached hydrogen (secondary N) is 1. The highest BCUT2D eigenvalue weighted by atomic mass is 35.5. The molecular weight excluding hydrogens is 464 g/mol. The van der Waals surface area contributed by atoms with Crippen LogP contribution in [0.4, 0.5) is 0 Å². The van der Waals surface area contributed by atoms with Gasteiger partial charge in [0, 0.05) is 18.1 Å². The lowest BCUT2D eigenvalue weighted by Gasteiger charge is -2.32. The predicted molar refractivity (Wildman–Crippen MR) is 123 cm³/mol. The van der Waals surface area contributed by atoms with Gasteiger partial charge < -0.3 is 9.84 Å². The molecule has 1 saturated heterocycles. The maximum Gasteiger partial charge on any atom is 0.315 e. The highest BCUT2D eigenvalue weighted by Gasteiger charge is 2.23. The second-order valence-corrected chi connectivity index (χ2v) is 10.6. The molecule has 0 radical (unpaired) electrons. The molecule has 0 spiro atoms. The van der Waals surface area contributed by atoms with Gasteiger partial charge in [-0.25, -0.2) is 8.42 Å². The molecule has 0 bridgehead atoms. The number of sulfone groups is 1. The zero-order valence-electron chi connectivity index (χ0n) is 18.0. The molecular formula is C23H25ClN4O4S. The molecule has 174 valence electrons. The number of carbonyl (C=O) groups excluding carboxylic acids is 1. The van der Waals surface area contributed by atoms with Crippen LogP contribution >= 0.6 is 11.6 Å². The Morgan fingerprint density at radius 2 is 1.88 bits per heavy atom. The SMILES string of the molecule is O=C(NCC1CCN(Cc2cccc(Cl)c2)CC1)c1nc(CS(=O)(=O)c2ccccc2)no1. The van der Waals surface area contributed by atoms with Gasteiger partial charge in [-0.1, -0.05) is 47.1 Å². The quantitative estimate of drug-likeness (QED) is 0.518. The molecule has 8 nitrogen and oxygen atoms in total. The zero-order chi connectivity index (χ0) is 23.3. The molecule has 1 aromatic heterocycles. The number of likely N-dealkylation sites (tertiary alicyclic amines) is 1. The summed E-state index contributed by atoms with van der Waals surface area (Å²) in [5.74, 6) is -0.846. The smallest absolute Gasteiger partial charge is 0.315 e. The Bertz CT molecular complexity index is 1190. The van der Waals surface area contributed by atoms with Gasteiger partial charge in [-0.15, -0.1) is 0 Å². The summed E-state index contributed by atoms with van der Waals surface area (Å²) in [7, 11) is -3.61. The molecule has 0 atom stereocenters. The summed E-state index contributed by atoms with van der Waals surface area (Å²) in [5.41, 5.74) is 1.19. The summed E-state index contributed by atoms with van der Waals surface area (Å²) in [6, 6.07) is 15.9. The van der Waals surface area contributed by atoms with Crippen LogP contribution in [0.5, 0.6) is 0 Å². The number of nitrogens with zero attached hydrogens (tertiary/aromatic N) is 3. The molecule has 10 heteroatoms. The van der Waals surface area contributed by atoms with Crippen LogP contribution in [0.15, 0.2) is 64.0 Å². The van der Waals surface area contributed by atoms with Crippen LogP contribution in [-0.4, -0.2) is 49.0 Å². The summed E-state index contributed by atoms with van der Waals surface area (Å²) >= 11 is 6.06. The van der Waals surface area contributed by atoms with Crippen LogP contribution < -0.4 is 5.32 Å². The molecule has 1 aliphatic rings. The molecule has 2 heterocycles. The van der Waals surface area contributed by atoms with Crippen molar-refractivity contribution in [3.05, 3.63) is 76.9 Å². The van der Waals surface area contributed by atoms with E-state index in [1.807, 2.05) is 18.2 Å². The number of amides is 1. The average molecular weight is 489 g/mol. The first kappa shape index (κ1) is 23.4. The third kappa shape index (κ3) is 6.40. The lowest BCUT2D eigenvalue weighted by atomic mass is 9.96. The lowest BCUT2D eigenvalue weighted by molar-refractivity contribution is 0.0891. The number of benzene rings is 2. The molecule has 2 aromatic carbocycles. The third-order valence-electron chi connectivity index (χ3n) is 5.64. The fourth-order valence-electron chi connectivity index (χ4n) is 3.84. The van der Waals surface area contributed by atoms with E-state index in [4.69, 9.17) is 16.1 Å². The highest BCUT2D eigenvalue weighted by molar-refractivity contribution is 7.90. The van der Waals surface area contributed by atoms with Crippen LogP contribution in [0.3, 0.4) is 0 Å². The average Bonchev–Trinajstić information content (AvgIpc) is 3.27. The Labute approximate surface area is 197 Å². The molecule has 0 unspecified atom stereocenters. The standard InChI is InChI=1S/C23H25ClN4O4S/c24-19-6-4-5-18(13-19)15-28-11-9-17(10-12-28)14-25-22(29)23-26-21(27-32-23)16-33(30,31)20-7-2-1-3-8-20/h1-8,13,17H,9-12,14-16H2,(H,25,29). The first-order chi connectivity index (χ1) is 15.9. The van der Waals surface area contributed by atoms with E-state index in [1.165, 1.54) is 17.7 Å². The summed E-state index contributed by atoms with van der Waals surface area (Å²) < 4.78 is 29.9. The second-order valence-electron chi connectivity index (χ2n) is 8.15. The van der Waals surface area contributed by atoms with E-state index < -0.39 is 21.5 Å². The Morgan fingerprint density at radius 1 is 1.12 bits per heavy atom.